The van der Waals surface area contributed by atoms with Gasteiger partial charge in [0.15, 0.2) is 0 Å². The summed E-state index contributed by atoms with van der Waals surface area (Å²) < 4.78 is 5.82. The summed E-state index contributed by atoms with van der Waals surface area (Å²) >= 11 is 0. The van der Waals surface area contributed by atoms with Gasteiger partial charge in [-0.15, -0.1) is 0 Å². The number of benzene rings is 1. The topological polar surface area (TPSA) is 63.4 Å². The maximum absolute atomic E-state index is 5.82. The van der Waals surface area contributed by atoms with E-state index in [-0.39, 0.29) is 0 Å². The fraction of sp³-hybridized carbons (Fsp3) is 0.389. The number of pyridine rings is 1. The summed E-state index contributed by atoms with van der Waals surface area (Å²) in [6.45, 7) is 2.68. The van der Waals surface area contributed by atoms with Gasteiger partial charge in [-0.2, -0.15) is 0 Å². The van der Waals surface area contributed by atoms with Crippen LogP contribution in [0.15, 0.2) is 36.4 Å². The summed E-state index contributed by atoms with van der Waals surface area (Å²) in [6, 6.07) is 11.7. The maximum atomic E-state index is 5.82. The van der Waals surface area contributed by atoms with E-state index in [9.17, 15) is 0 Å². The van der Waals surface area contributed by atoms with E-state index >= 15 is 0 Å². The minimum atomic E-state index is 0.445. The minimum Gasteiger partial charge on any atom is -0.487 e. The lowest BCUT2D eigenvalue weighted by molar-refractivity contribution is 0.301. The van der Waals surface area contributed by atoms with Crippen molar-refractivity contribution in [1.82, 2.24) is 4.98 Å². The third kappa shape index (κ3) is 4.06. The summed E-state index contributed by atoms with van der Waals surface area (Å²) in [5, 5.41) is 3.14. The van der Waals surface area contributed by atoms with Gasteiger partial charge in [0.1, 0.15) is 18.2 Å². The molecule has 0 spiro atoms. The molecule has 122 valence electrons. The lowest BCUT2D eigenvalue weighted by Gasteiger charge is -2.29. The van der Waals surface area contributed by atoms with Crippen LogP contribution in [-0.2, 0) is 6.61 Å². The molecule has 1 aliphatic rings. The summed E-state index contributed by atoms with van der Waals surface area (Å²) in [5.41, 5.74) is 8.58. The molecule has 1 aromatic carbocycles. The number of nitrogen functional groups attached to an aromatic ring is 1. The van der Waals surface area contributed by atoms with Gasteiger partial charge in [-0.1, -0.05) is 0 Å². The Morgan fingerprint density at radius 2 is 1.87 bits per heavy atom. The zero-order chi connectivity index (χ0) is 16.1. The third-order valence-electron chi connectivity index (χ3n) is 4.11. The molecule has 1 fully saturated rings. The zero-order valence-electron chi connectivity index (χ0n) is 13.6. The Kier molecular flexibility index (Phi) is 4.86. The van der Waals surface area contributed by atoms with Crippen molar-refractivity contribution in [3.05, 3.63) is 42.1 Å². The van der Waals surface area contributed by atoms with E-state index < -0.39 is 0 Å². The zero-order valence-corrected chi connectivity index (χ0v) is 13.6. The number of aromatic nitrogens is 1. The first kappa shape index (κ1) is 15.5. The number of nitrogens with two attached hydrogens (primary N) is 1. The highest BCUT2D eigenvalue weighted by Crippen LogP contribution is 2.24. The molecule has 0 atom stereocenters. The van der Waals surface area contributed by atoms with Gasteiger partial charge in [0.05, 0.1) is 5.69 Å². The fourth-order valence-electron chi connectivity index (χ4n) is 2.83. The number of nitrogens with one attached hydrogen (secondary N) is 1. The maximum Gasteiger partial charge on any atom is 0.130 e. The van der Waals surface area contributed by atoms with E-state index in [2.05, 4.69) is 27.3 Å². The van der Waals surface area contributed by atoms with Crippen molar-refractivity contribution in [2.24, 2.45) is 0 Å². The molecule has 2 aromatic rings. The first-order valence-corrected chi connectivity index (χ1v) is 8.16. The lowest BCUT2D eigenvalue weighted by atomic mass is 10.1. The van der Waals surface area contributed by atoms with Crippen LogP contribution >= 0.6 is 0 Å². The Balaban J connectivity index is 1.73. The third-order valence-corrected chi connectivity index (χ3v) is 4.11. The highest BCUT2D eigenvalue weighted by molar-refractivity contribution is 5.55. The monoisotopic (exact) mass is 312 g/mol. The largest absolute Gasteiger partial charge is 0.487 e. The van der Waals surface area contributed by atoms with Crippen LogP contribution in [-0.4, -0.2) is 25.1 Å². The molecule has 5 heteroatoms. The van der Waals surface area contributed by atoms with Crippen molar-refractivity contribution in [3.8, 4) is 5.75 Å². The van der Waals surface area contributed by atoms with Crippen molar-refractivity contribution in [1.29, 1.82) is 0 Å². The Morgan fingerprint density at radius 3 is 2.57 bits per heavy atom. The molecule has 0 saturated carbocycles. The van der Waals surface area contributed by atoms with Crippen molar-refractivity contribution in [2.45, 2.75) is 25.9 Å². The molecule has 0 radical (unpaired) electrons. The number of anilines is 3. The first-order chi connectivity index (χ1) is 11.2. The minimum absolute atomic E-state index is 0.445. The summed E-state index contributed by atoms with van der Waals surface area (Å²) in [4.78, 5) is 7.02. The van der Waals surface area contributed by atoms with E-state index in [1.54, 1.807) is 0 Å². The molecule has 1 aliphatic heterocycles. The second-order valence-corrected chi connectivity index (χ2v) is 5.86. The van der Waals surface area contributed by atoms with Gasteiger partial charge in [0, 0.05) is 37.6 Å². The molecule has 2 heterocycles. The standard InChI is InChI=1S/C18H24N4O/c1-20-18-12-16(22-9-3-2-4-10-22)11-15(21-18)13-23-17-7-5-14(19)6-8-17/h5-8,11-12H,2-4,9-10,13,19H2,1H3,(H,20,21). The smallest absolute Gasteiger partial charge is 0.130 e. The predicted molar refractivity (Wildman–Crippen MR) is 95.0 cm³/mol. The highest BCUT2D eigenvalue weighted by atomic mass is 16.5. The Hall–Kier alpha value is -2.43. The predicted octanol–water partition coefficient (Wildman–Crippen LogP) is 3.27. The fourth-order valence-corrected chi connectivity index (χ4v) is 2.83. The van der Waals surface area contributed by atoms with Crippen molar-refractivity contribution in [2.75, 3.05) is 36.1 Å². The molecule has 0 bridgehead atoms. The Labute approximate surface area is 137 Å². The molecular weight excluding hydrogens is 288 g/mol. The van der Waals surface area contributed by atoms with Crippen molar-refractivity contribution in [3.63, 3.8) is 0 Å². The number of piperidine rings is 1. The van der Waals surface area contributed by atoms with Crippen LogP contribution in [0.25, 0.3) is 0 Å². The van der Waals surface area contributed by atoms with E-state index in [1.807, 2.05) is 31.3 Å². The van der Waals surface area contributed by atoms with Crippen LogP contribution in [0.5, 0.6) is 5.75 Å². The van der Waals surface area contributed by atoms with Gasteiger partial charge >= 0.3 is 0 Å². The average Bonchev–Trinajstić information content (AvgIpc) is 2.61. The number of ether oxygens (including phenoxy) is 1. The van der Waals surface area contributed by atoms with E-state index in [0.29, 0.717) is 6.61 Å². The van der Waals surface area contributed by atoms with Gasteiger partial charge < -0.3 is 20.7 Å². The summed E-state index contributed by atoms with van der Waals surface area (Å²) in [7, 11) is 1.90. The molecule has 0 unspecified atom stereocenters. The SMILES string of the molecule is CNc1cc(N2CCCCC2)cc(COc2ccc(N)cc2)n1. The van der Waals surface area contributed by atoms with E-state index in [4.69, 9.17) is 10.5 Å². The van der Waals surface area contributed by atoms with Crippen molar-refractivity contribution < 1.29 is 4.74 Å². The highest BCUT2D eigenvalue weighted by Gasteiger charge is 2.13. The second-order valence-electron chi connectivity index (χ2n) is 5.86. The van der Waals surface area contributed by atoms with Gasteiger partial charge in [0.2, 0.25) is 0 Å². The second kappa shape index (κ2) is 7.22. The quantitative estimate of drug-likeness (QED) is 0.830. The number of hydrogen-bond acceptors (Lipinski definition) is 5. The van der Waals surface area contributed by atoms with Gasteiger partial charge in [-0.25, -0.2) is 4.98 Å². The number of nitrogens with zero attached hydrogens (tertiary/aromatic N) is 2. The molecule has 3 rings (SSSR count). The molecule has 0 amide bonds. The van der Waals surface area contributed by atoms with Crippen LogP contribution in [0.1, 0.15) is 25.0 Å². The van der Waals surface area contributed by atoms with Crippen LogP contribution in [0.2, 0.25) is 0 Å². The van der Waals surface area contributed by atoms with E-state index in [0.717, 1.165) is 36.0 Å². The van der Waals surface area contributed by atoms with Gasteiger partial charge in [0.25, 0.3) is 0 Å². The molecule has 0 aliphatic carbocycles. The van der Waals surface area contributed by atoms with Crippen molar-refractivity contribution >= 4 is 17.2 Å². The molecule has 3 N–H and O–H groups in total. The van der Waals surface area contributed by atoms with Gasteiger partial charge in [-0.3, -0.25) is 0 Å². The summed E-state index contributed by atoms with van der Waals surface area (Å²) in [5.74, 6) is 1.68. The molecule has 1 saturated heterocycles. The van der Waals surface area contributed by atoms with E-state index in [1.165, 1.54) is 24.9 Å². The number of rotatable bonds is 5. The van der Waals surface area contributed by atoms with Crippen LogP contribution in [0.4, 0.5) is 17.2 Å². The number of hydrogen-bond donors (Lipinski definition) is 2. The van der Waals surface area contributed by atoms with Crippen LogP contribution < -0.4 is 20.7 Å². The lowest BCUT2D eigenvalue weighted by Crippen LogP contribution is -2.29. The first-order valence-electron chi connectivity index (χ1n) is 8.16. The molecule has 1 aromatic heterocycles. The normalized spacial score (nSPS) is 14.6. The Bertz CT molecular complexity index is 636. The van der Waals surface area contributed by atoms with Crippen LogP contribution in [0.3, 0.4) is 0 Å². The molecular formula is C18H24N4O. The summed E-state index contributed by atoms with van der Waals surface area (Å²) in [6.07, 6.45) is 3.84. The average molecular weight is 312 g/mol. The Morgan fingerprint density at radius 1 is 1.13 bits per heavy atom. The molecule has 23 heavy (non-hydrogen) atoms. The molecule has 5 nitrogen and oxygen atoms in total. The van der Waals surface area contributed by atoms with Crippen LogP contribution in [0, 0.1) is 0 Å². The van der Waals surface area contributed by atoms with Gasteiger partial charge in [-0.05, 0) is 49.6 Å².